The van der Waals surface area contributed by atoms with Crippen molar-refractivity contribution in [3.8, 4) is 5.75 Å². The van der Waals surface area contributed by atoms with Gasteiger partial charge in [-0.2, -0.15) is 0 Å². The highest BCUT2D eigenvalue weighted by molar-refractivity contribution is 7.92. The van der Waals surface area contributed by atoms with Gasteiger partial charge in [0.15, 0.2) is 5.78 Å². The smallest absolute Gasteiger partial charge is 0.261 e. The fraction of sp³-hybridized carbons (Fsp3) is 0.300. The van der Waals surface area contributed by atoms with Crippen LogP contribution in [0.4, 0.5) is 5.69 Å². The molecule has 0 aliphatic rings. The summed E-state index contributed by atoms with van der Waals surface area (Å²) >= 11 is 0. The molecule has 0 saturated heterocycles. The Hall–Kier alpha value is -3.42. The van der Waals surface area contributed by atoms with Gasteiger partial charge in [-0.05, 0) is 80.0 Å². The van der Waals surface area contributed by atoms with Gasteiger partial charge in [0.25, 0.3) is 10.0 Å². The molecule has 3 aromatic carbocycles. The minimum absolute atomic E-state index is 0.0711. The Kier molecular flexibility index (Phi) is 9.29. The van der Waals surface area contributed by atoms with Gasteiger partial charge in [0.05, 0.1) is 17.2 Å². The van der Waals surface area contributed by atoms with Crippen LogP contribution in [0.5, 0.6) is 5.75 Å². The van der Waals surface area contributed by atoms with Crippen molar-refractivity contribution in [3.05, 3.63) is 95.6 Å². The largest absolute Gasteiger partial charge is 0.493 e. The maximum absolute atomic E-state index is 13.2. The Morgan fingerprint density at radius 2 is 1.65 bits per heavy atom. The van der Waals surface area contributed by atoms with Gasteiger partial charge in [-0.15, -0.1) is 0 Å². The van der Waals surface area contributed by atoms with Crippen LogP contribution in [-0.2, 0) is 15.4 Å². The monoisotopic (exact) mass is 520 g/mol. The molecule has 0 aliphatic heterocycles. The number of hydrogen-bond acceptors (Lipinski definition) is 5. The number of benzene rings is 3. The lowest BCUT2D eigenvalue weighted by Crippen LogP contribution is -2.16. The van der Waals surface area contributed by atoms with Gasteiger partial charge >= 0.3 is 0 Å². The average molecular weight is 521 g/mol. The van der Waals surface area contributed by atoms with Crippen LogP contribution >= 0.6 is 0 Å². The van der Waals surface area contributed by atoms with Crippen LogP contribution in [0, 0.1) is 0 Å². The van der Waals surface area contributed by atoms with Crippen LogP contribution in [0.25, 0.3) is 6.08 Å². The maximum Gasteiger partial charge on any atom is 0.261 e. The molecule has 0 heterocycles. The fourth-order valence-electron chi connectivity index (χ4n) is 3.69. The quantitative estimate of drug-likeness (QED) is 0.190. The van der Waals surface area contributed by atoms with Crippen LogP contribution in [0.3, 0.4) is 0 Å². The lowest BCUT2D eigenvalue weighted by atomic mass is 9.86. The van der Waals surface area contributed by atoms with Crippen LogP contribution in [0.1, 0.15) is 48.7 Å². The number of nitrogens with one attached hydrogen (secondary N) is 1. The normalized spacial score (nSPS) is 12.2. The van der Waals surface area contributed by atoms with Crippen molar-refractivity contribution < 1.29 is 17.9 Å². The molecule has 37 heavy (non-hydrogen) atoms. The predicted molar refractivity (Wildman–Crippen MR) is 151 cm³/mol. The van der Waals surface area contributed by atoms with Gasteiger partial charge in [-0.25, -0.2) is 8.42 Å². The number of sulfonamides is 1. The van der Waals surface area contributed by atoms with E-state index in [0.717, 1.165) is 24.1 Å². The van der Waals surface area contributed by atoms with Crippen molar-refractivity contribution in [1.29, 1.82) is 0 Å². The molecule has 3 aromatic rings. The molecule has 0 aromatic heterocycles. The molecule has 0 spiro atoms. The molecular weight excluding hydrogens is 484 g/mol. The highest BCUT2D eigenvalue weighted by Gasteiger charge is 2.18. The van der Waals surface area contributed by atoms with Gasteiger partial charge in [0.1, 0.15) is 5.75 Å². The van der Waals surface area contributed by atoms with Crippen molar-refractivity contribution in [1.82, 2.24) is 4.90 Å². The molecule has 0 saturated carbocycles. The van der Waals surface area contributed by atoms with Gasteiger partial charge in [0, 0.05) is 17.7 Å². The molecule has 0 atom stereocenters. The molecule has 0 unspecified atom stereocenters. The molecule has 0 bridgehead atoms. The SMILES string of the molecule is CN(C)CCCOc1ccc(C(C)(C)C)cc1/C=C/C(=O)c1ccccc1NS(=O)(=O)c1ccccc1. The van der Waals surface area contributed by atoms with E-state index in [1.807, 2.05) is 32.3 Å². The number of allylic oxidation sites excluding steroid dienone is 1. The summed E-state index contributed by atoms with van der Waals surface area (Å²) in [6, 6.07) is 20.7. The first-order valence-corrected chi connectivity index (χ1v) is 13.8. The van der Waals surface area contributed by atoms with Crippen molar-refractivity contribution in [3.63, 3.8) is 0 Å². The highest BCUT2D eigenvalue weighted by atomic mass is 32.2. The zero-order valence-corrected chi connectivity index (χ0v) is 23.0. The number of ether oxygens (including phenoxy) is 1. The molecule has 7 heteroatoms. The van der Waals surface area contributed by atoms with Crippen molar-refractivity contribution in [2.75, 3.05) is 32.0 Å². The van der Waals surface area contributed by atoms with Gasteiger partial charge < -0.3 is 9.64 Å². The molecule has 6 nitrogen and oxygen atoms in total. The number of carbonyl (C=O) groups is 1. The number of carbonyl (C=O) groups excluding carboxylic acids is 1. The van der Waals surface area contributed by atoms with Crippen molar-refractivity contribution >= 4 is 27.6 Å². The first-order valence-electron chi connectivity index (χ1n) is 12.3. The standard InChI is InChI=1S/C30H36N2O4S/c1-30(2,3)24-17-19-29(36-21-11-20-32(4)5)23(22-24)16-18-28(33)26-14-9-10-15-27(26)31-37(34,35)25-12-7-6-8-13-25/h6-10,12-19,22,31H,11,20-21H2,1-5H3/b18-16+. The van der Waals surface area contributed by atoms with Crippen LogP contribution in [-0.4, -0.2) is 46.3 Å². The third kappa shape index (κ3) is 8.03. The summed E-state index contributed by atoms with van der Waals surface area (Å²) in [6.07, 6.45) is 4.08. The summed E-state index contributed by atoms with van der Waals surface area (Å²) in [4.78, 5) is 15.5. The molecule has 0 aliphatic carbocycles. The minimum Gasteiger partial charge on any atom is -0.493 e. The number of nitrogens with zero attached hydrogens (tertiary/aromatic N) is 1. The summed E-state index contributed by atoms with van der Waals surface area (Å²) in [6.45, 7) is 7.88. The van der Waals surface area contributed by atoms with E-state index >= 15 is 0 Å². The summed E-state index contributed by atoms with van der Waals surface area (Å²) in [5.74, 6) is 0.389. The van der Waals surface area contributed by atoms with E-state index in [9.17, 15) is 13.2 Å². The Bertz CT molecular complexity index is 1340. The van der Waals surface area contributed by atoms with Gasteiger partial charge in [-0.3, -0.25) is 9.52 Å². The van der Waals surface area contributed by atoms with E-state index in [4.69, 9.17) is 4.74 Å². The molecule has 1 N–H and O–H groups in total. The Morgan fingerprint density at radius 1 is 0.973 bits per heavy atom. The first-order chi connectivity index (χ1) is 17.5. The Balaban J connectivity index is 1.87. The molecule has 0 radical (unpaired) electrons. The second kappa shape index (κ2) is 12.2. The molecule has 0 fully saturated rings. The zero-order chi connectivity index (χ0) is 27.1. The third-order valence-electron chi connectivity index (χ3n) is 5.79. The molecule has 0 amide bonds. The lowest BCUT2D eigenvalue weighted by molar-refractivity contribution is 0.104. The molecule has 196 valence electrons. The minimum atomic E-state index is -3.83. The second-order valence-electron chi connectivity index (χ2n) is 10.2. The molecule has 3 rings (SSSR count). The predicted octanol–water partition coefficient (Wildman–Crippen LogP) is 6.01. The van der Waals surface area contributed by atoms with Crippen LogP contribution in [0.2, 0.25) is 0 Å². The Morgan fingerprint density at radius 3 is 2.32 bits per heavy atom. The fourth-order valence-corrected chi connectivity index (χ4v) is 4.79. The van der Waals surface area contributed by atoms with E-state index in [1.165, 1.54) is 18.2 Å². The Labute approximate surface area is 221 Å². The van der Waals surface area contributed by atoms with E-state index in [0.29, 0.717) is 12.4 Å². The summed E-state index contributed by atoms with van der Waals surface area (Å²) in [7, 11) is 0.213. The lowest BCUT2D eigenvalue weighted by Gasteiger charge is -2.21. The van der Waals surface area contributed by atoms with E-state index < -0.39 is 10.0 Å². The van der Waals surface area contributed by atoms with Crippen molar-refractivity contribution in [2.45, 2.75) is 37.5 Å². The number of rotatable bonds is 11. The molecular formula is C30H36N2O4S. The van der Waals surface area contributed by atoms with Crippen LogP contribution < -0.4 is 9.46 Å². The number of hydrogen-bond donors (Lipinski definition) is 1. The number of ketones is 1. The van der Waals surface area contributed by atoms with Gasteiger partial charge in [0.2, 0.25) is 0 Å². The number of para-hydroxylation sites is 1. The van der Waals surface area contributed by atoms with E-state index in [1.54, 1.807) is 48.5 Å². The second-order valence-corrected chi connectivity index (χ2v) is 11.9. The van der Waals surface area contributed by atoms with Gasteiger partial charge in [-0.1, -0.05) is 57.2 Å². The van der Waals surface area contributed by atoms with Crippen LogP contribution in [0.15, 0.2) is 83.8 Å². The van der Waals surface area contributed by atoms with E-state index in [-0.39, 0.29) is 27.3 Å². The number of anilines is 1. The third-order valence-corrected chi connectivity index (χ3v) is 7.17. The summed E-state index contributed by atoms with van der Waals surface area (Å²) in [5.41, 5.74) is 2.34. The topological polar surface area (TPSA) is 75.7 Å². The van der Waals surface area contributed by atoms with Crippen molar-refractivity contribution in [2.24, 2.45) is 0 Å². The summed E-state index contributed by atoms with van der Waals surface area (Å²) < 4.78 is 34.3. The average Bonchev–Trinajstić information content (AvgIpc) is 2.85. The summed E-state index contributed by atoms with van der Waals surface area (Å²) in [5, 5.41) is 0. The first kappa shape index (κ1) is 28.2. The highest BCUT2D eigenvalue weighted by Crippen LogP contribution is 2.29. The maximum atomic E-state index is 13.2. The van der Waals surface area contributed by atoms with E-state index in [2.05, 4.69) is 30.4 Å². The zero-order valence-electron chi connectivity index (χ0n) is 22.2.